The molecule has 2 rings (SSSR count). The molecule has 0 aliphatic heterocycles. The first-order valence-corrected chi connectivity index (χ1v) is 5.68. The maximum absolute atomic E-state index is 11.2. The minimum Gasteiger partial charge on any atom is -0.480 e. The van der Waals surface area contributed by atoms with Crippen molar-refractivity contribution in [1.82, 2.24) is 0 Å². The highest BCUT2D eigenvalue weighted by molar-refractivity contribution is 5.98. The average Bonchev–Trinajstić information content (AvgIpc) is 2.27. The Bertz CT molecular complexity index is 331. The molecule has 2 atom stereocenters. The van der Waals surface area contributed by atoms with Gasteiger partial charge in [0.25, 0.3) is 0 Å². The number of allylic oxidation sites excluding steroid dienone is 2. The van der Waals surface area contributed by atoms with Crippen LogP contribution >= 0.6 is 0 Å². The van der Waals surface area contributed by atoms with Crippen LogP contribution in [0.2, 0.25) is 0 Å². The third-order valence-electron chi connectivity index (χ3n) is 4.08. The van der Waals surface area contributed by atoms with Gasteiger partial charge in [0.05, 0.1) is 0 Å². The largest absolute Gasteiger partial charge is 0.480 e. The first-order chi connectivity index (χ1) is 7.56. The molecule has 0 spiro atoms. The second-order valence-electron chi connectivity index (χ2n) is 4.90. The topological polar surface area (TPSA) is 74.6 Å². The summed E-state index contributed by atoms with van der Waals surface area (Å²) in [6.07, 6.45) is 7.23. The van der Waals surface area contributed by atoms with Crippen molar-refractivity contribution in [1.29, 1.82) is 0 Å². The molecule has 2 aliphatic rings. The standard InChI is InChI=1S/C12H16O4/c13-10(14)12(11(15)16)6-5-8-3-1-2-4-9(8)7-12/h1-2,8-9H,3-7H2,(H,13,14)(H,15,16). The number of fused-ring (bicyclic) bond motifs is 1. The second-order valence-corrected chi connectivity index (χ2v) is 4.90. The van der Waals surface area contributed by atoms with Crippen molar-refractivity contribution >= 4 is 11.9 Å². The van der Waals surface area contributed by atoms with Crippen molar-refractivity contribution in [2.75, 3.05) is 0 Å². The lowest BCUT2D eigenvalue weighted by Gasteiger charge is -2.40. The highest BCUT2D eigenvalue weighted by Gasteiger charge is 2.51. The Morgan fingerprint density at radius 3 is 2.19 bits per heavy atom. The summed E-state index contributed by atoms with van der Waals surface area (Å²) in [6.45, 7) is 0. The van der Waals surface area contributed by atoms with Crippen molar-refractivity contribution in [3.63, 3.8) is 0 Å². The van der Waals surface area contributed by atoms with Crippen LogP contribution in [0.1, 0.15) is 32.1 Å². The van der Waals surface area contributed by atoms with E-state index < -0.39 is 17.4 Å². The van der Waals surface area contributed by atoms with Crippen LogP contribution in [0.3, 0.4) is 0 Å². The molecule has 1 fully saturated rings. The fourth-order valence-electron chi connectivity index (χ4n) is 2.99. The zero-order valence-electron chi connectivity index (χ0n) is 9.06. The minimum absolute atomic E-state index is 0.228. The summed E-state index contributed by atoms with van der Waals surface area (Å²) in [6, 6.07) is 0. The van der Waals surface area contributed by atoms with E-state index in [0.29, 0.717) is 12.3 Å². The van der Waals surface area contributed by atoms with Gasteiger partial charge >= 0.3 is 11.9 Å². The van der Waals surface area contributed by atoms with Crippen molar-refractivity contribution in [2.45, 2.75) is 32.1 Å². The maximum atomic E-state index is 11.2. The van der Waals surface area contributed by atoms with Crippen LogP contribution in [0.25, 0.3) is 0 Å². The normalized spacial score (nSPS) is 31.8. The Labute approximate surface area is 94.0 Å². The number of hydrogen-bond donors (Lipinski definition) is 2. The molecule has 0 aromatic rings. The van der Waals surface area contributed by atoms with Crippen LogP contribution in [0.4, 0.5) is 0 Å². The van der Waals surface area contributed by atoms with E-state index in [9.17, 15) is 9.59 Å². The molecule has 4 heteroatoms. The fourth-order valence-corrected chi connectivity index (χ4v) is 2.99. The van der Waals surface area contributed by atoms with Gasteiger partial charge in [0.15, 0.2) is 5.41 Å². The van der Waals surface area contributed by atoms with Crippen LogP contribution in [-0.2, 0) is 9.59 Å². The third kappa shape index (κ3) is 1.62. The monoisotopic (exact) mass is 224 g/mol. The first kappa shape index (κ1) is 11.2. The van der Waals surface area contributed by atoms with E-state index in [4.69, 9.17) is 10.2 Å². The number of carbonyl (C=O) groups is 2. The molecule has 2 aliphatic carbocycles. The van der Waals surface area contributed by atoms with Gasteiger partial charge in [0, 0.05) is 0 Å². The molecule has 1 saturated carbocycles. The average molecular weight is 224 g/mol. The Hall–Kier alpha value is -1.32. The van der Waals surface area contributed by atoms with E-state index in [1.54, 1.807) is 0 Å². The van der Waals surface area contributed by atoms with Crippen LogP contribution in [0.5, 0.6) is 0 Å². The lowest BCUT2D eigenvalue weighted by atomic mass is 9.62. The highest BCUT2D eigenvalue weighted by atomic mass is 16.4. The first-order valence-electron chi connectivity index (χ1n) is 5.68. The molecule has 0 radical (unpaired) electrons. The number of hydrogen-bond acceptors (Lipinski definition) is 2. The quantitative estimate of drug-likeness (QED) is 0.555. The Morgan fingerprint density at radius 2 is 1.62 bits per heavy atom. The number of rotatable bonds is 2. The van der Waals surface area contributed by atoms with E-state index in [0.717, 1.165) is 12.8 Å². The van der Waals surface area contributed by atoms with Crippen molar-refractivity contribution in [3.05, 3.63) is 12.2 Å². The molecule has 0 heterocycles. The lowest BCUT2D eigenvalue weighted by molar-refractivity contribution is -0.169. The van der Waals surface area contributed by atoms with Gasteiger partial charge in [-0.15, -0.1) is 0 Å². The SMILES string of the molecule is O=C(O)C1(C(=O)O)CCC2CC=CCC2C1. The summed E-state index contributed by atoms with van der Waals surface area (Å²) in [4.78, 5) is 22.4. The zero-order chi connectivity index (χ0) is 11.8. The predicted molar refractivity (Wildman–Crippen MR) is 56.9 cm³/mol. The number of carboxylic acids is 2. The zero-order valence-corrected chi connectivity index (χ0v) is 9.06. The molecular weight excluding hydrogens is 208 g/mol. The minimum atomic E-state index is -1.54. The Kier molecular flexibility index (Phi) is 2.74. The second kappa shape index (κ2) is 3.92. The summed E-state index contributed by atoms with van der Waals surface area (Å²) in [7, 11) is 0. The maximum Gasteiger partial charge on any atom is 0.321 e. The molecule has 0 aromatic carbocycles. The Balaban J connectivity index is 2.22. The van der Waals surface area contributed by atoms with Crippen LogP contribution < -0.4 is 0 Å². The van der Waals surface area contributed by atoms with Gasteiger partial charge < -0.3 is 10.2 Å². The number of aliphatic carboxylic acids is 2. The van der Waals surface area contributed by atoms with Gasteiger partial charge in [-0.1, -0.05) is 12.2 Å². The molecule has 2 N–H and O–H groups in total. The molecule has 88 valence electrons. The van der Waals surface area contributed by atoms with Crippen molar-refractivity contribution in [2.24, 2.45) is 17.3 Å². The predicted octanol–water partition coefficient (Wildman–Crippen LogP) is 1.91. The van der Waals surface area contributed by atoms with E-state index >= 15 is 0 Å². The summed E-state index contributed by atoms with van der Waals surface area (Å²) in [5.41, 5.74) is -1.54. The molecule has 0 bridgehead atoms. The van der Waals surface area contributed by atoms with Gasteiger partial charge in [-0.05, 0) is 43.9 Å². The van der Waals surface area contributed by atoms with Crippen LogP contribution in [0.15, 0.2) is 12.2 Å². The van der Waals surface area contributed by atoms with Crippen molar-refractivity contribution in [3.8, 4) is 0 Å². The van der Waals surface area contributed by atoms with E-state index in [-0.39, 0.29) is 18.8 Å². The summed E-state index contributed by atoms with van der Waals surface area (Å²) >= 11 is 0. The van der Waals surface area contributed by atoms with E-state index in [2.05, 4.69) is 6.08 Å². The molecule has 4 nitrogen and oxygen atoms in total. The smallest absolute Gasteiger partial charge is 0.321 e. The summed E-state index contributed by atoms with van der Waals surface area (Å²) in [5, 5.41) is 18.3. The number of carboxylic acid groups (broad SMARTS) is 2. The van der Waals surface area contributed by atoms with Gasteiger partial charge in [0.2, 0.25) is 0 Å². The van der Waals surface area contributed by atoms with Gasteiger partial charge in [0.1, 0.15) is 0 Å². The Morgan fingerprint density at radius 1 is 1.06 bits per heavy atom. The molecule has 0 amide bonds. The van der Waals surface area contributed by atoms with Crippen LogP contribution in [0, 0.1) is 17.3 Å². The molecular formula is C12H16O4. The van der Waals surface area contributed by atoms with Gasteiger partial charge in [-0.3, -0.25) is 9.59 Å². The van der Waals surface area contributed by atoms with E-state index in [1.807, 2.05) is 6.08 Å². The molecule has 16 heavy (non-hydrogen) atoms. The third-order valence-corrected chi connectivity index (χ3v) is 4.08. The molecule has 0 aromatic heterocycles. The fraction of sp³-hybridized carbons (Fsp3) is 0.667. The van der Waals surface area contributed by atoms with Crippen LogP contribution in [-0.4, -0.2) is 22.2 Å². The van der Waals surface area contributed by atoms with Gasteiger partial charge in [-0.25, -0.2) is 0 Å². The highest BCUT2D eigenvalue weighted by Crippen LogP contribution is 2.47. The molecule has 0 saturated heterocycles. The summed E-state index contributed by atoms with van der Waals surface area (Å²) < 4.78 is 0. The van der Waals surface area contributed by atoms with Gasteiger partial charge in [-0.2, -0.15) is 0 Å². The van der Waals surface area contributed by atoms with E-state index in [1.165, 1.54) is 0 Å². The summed E-state index contributed by atoms with van der Waals surface area (Å²) in [5.74, 6) is -1.64. The lowest BCUT2D eigenvalue weighted by Crippen LogP contribution is -2.45. The molecule has 2 unspecified atom stereocenters. The van der Waals surface area contributed by atoms with Crippen molar-refractivity contribution < 1.29 is 19.8 Å².